The summed E-state index contributed by atoms with van der Waals surface area (Å²) in [6.45, 7) is 0. The lowest BCUT2D eigenvalue weighted by atomic mass is 10.3. The van der Waals surface area contributed by atoms with Gasteiger partial charge in [0, 0.05) is 10.2 Å². The van der Waals surface area contributed by atoms with E-state index < -0.39 is 26.6 Å². The fourth-order valence-electron chi connectivity index (χ4n) is 1.38. The van der Waals surface area contributed by atoms with E-state index in [4.69, 9.17) is 5.73 Å². The standard InChI is InChI=1S/C11H8BrF2N3O2S/c12-7-3-8(14)10(4-9(7)15)20(18,19)17-11-2-1-6(13)5-16-11/h1-5H,15H2,(H,16,17). The van der Waals surface area contributed by atoms with Crippen molar-refractivity contribution in [2.24, 2.45) is 0 Å². The largest absolute Gasteiger partial charge is 0.398 e. The zero-order valence-corrected chi connectivity index (χ0v) is 12.2. The third kappa shape index (κ3) is 3.05. The minimum absolute atomic E-state index is 0.0684. The molecule has 0 spiro atoms. The van der Waals surface area contributed by atoms with Crippen LogP contribution in [0.4, 0.5) is 20.3 Å². The highest BCUT2D eigenvalue weighted by atomic mass is 79.9. The van der Waals surface area contributed by atoms with E-state index in [2.05, 4.69) is 20.9 Å². The van der Waals surface area contributed by atoms with E-state index in [1.807, 2.05) is 4.72 Å². The second kappa shape index (κ2) is 5.33. The quantitative estimate of drug-likeness (QED) is 0.820. The van der Waals surface area contributed by atoms with E-state index in [-0.39, 0.29) is 16.0 Å². The fourth-order valence-corrected chi connectivity index (χ4v) is 2.80. The summed E-state index contributed by atoms with van der Waals surface area (Å²) in [5.41, 5.74) is 5.60. The number of pyridine rings is 1. The van der Waals surface area contributed by atoms with Gasteiger partial charge in [-0.2, -0.15) is 0 Å². The lowest BCUT2D eigenvalue weighted by Crippen LogP contribution is -2.16. The second-order valence-electron chi connectivity index (χ2n) is 3.77. The molecule has 3 N–H and O–H groups in total. The van der Waals surface area contributed by atoms with Crippen LogP contribution < -0.4 is 10.5 Å². The molecule has 2 aromatic rings. The SMILES string of the molecule is Nc1cc(S(=O)(=O)Nc2ccc(F)cn2)c(F)cc1Br. The van der Waals surface area contributed by atoms with Crippen molar-refractivity contribution in [2.45, 2.75) is 4.90 Å². The van der Waals surface area contributed by atoms with E-state index in [0.717, 1.165) is 30.5 Å². The lowest BCUT2D eigenvalue weighted by Gasteiger charge is -2.09. The lowest BCUT2D eigenvalue weighted by molar-refractivity contribution is 0.570. The molecular weight excluding hydrogens is 356 g/mol. The van der Waals surface area contributed by atoms with Crippen LogP contribution in [0.3, 0.4) is 0 Å². The first-order valence-electron chi connectivity index (χ1n) is 5.18. The molecular formula is C11H8BrF2N3O2S. The Bertz CT molecular complexity index is 751. The van der Waals surface area contributed by atoms with Gasteiger partial charge in [0.15, 0.2) is 0 Å². The van der Waals surface area contributed by atoms with Gasteiger partial charge in [-0.25, -0.2) is 22.2 Å². The first-order valence-corrected chi connectivity index (χ1v) is 7.46. The summed E-state index contributed by atoms with van der Waals surface area (Å²) in [6, 6.07) is 4.07. The van der Waals surface area contributed by atoms with Crippen molar-refractivity contribution >= 4 is 37.5 Å². The zero-order valence-electron chi connectivity index (χ0n) is 9.77. The normalized spacial score (nSPS) is 11.3. The molecule has 1 heterocycles. The summed E-state index contributed by atoms with van der Waals surface area (Å²) in [4.78, 5) is 2.91. The molecule has 0 aliphatic heterocycles. The molecule has 0 radical (unpaired) electrons. The number of aromatic nitrogens is 1. The maximum atomic E-state index is 13.7. The number of hydrogen-bond acceptors (Lipinski definition) is 4. The highest BCUT2D eigenvalue weighted by Gasteiger charge is 2.21. The summed E-state index contributed by atoms with van der Waals surface area (Å²) in [7, 11) is -4.21. The number of rotatable bonds is 3. The molecule has 0 saturated carbocycles. The first kappa shape index (κ1) is 14.7. The van der Waals surface area contributed by atoms with Gasteiger partial charge < -0.3 is 5.73 Å². The van der Waals surface area contributed by atoms with Gasteiger partial charge in [0.1, 0.15) is 22.3 Å². The highest BCUT2D eigenvalue weighted by molar-refractivity contribution is 9.10. The molecule has 1 aromatic carbocycles. The summed E-state index contributed by atoms with van der Waals surface area (Å²) < 4.78 is 52.7. The Morgan fingerprint density at radius 2 is 1.95 bits per heavy atom. The van der Waals surface area contributed by atoms with Crippen LogP contribution in [-0.4, -0.2) is 13.4 Å². The minimum Gasteiger partial charge on any atom is -0.398 e. The molecule has 0 aliphatic carbocycles. The monoisotopic (exact) mass is 363 g/mol. The number of hydrogen-bond donors (Lipinski definition) is 2. The second-order valence-corrected chi connectivity index (χ2v) is 6.28. The van der Waals surface area contributed by atoms with Crippen LogP contribution in [0.5, 0.6) is 0 Å². The number of nitrogens with zero attached hydrogens (tertiary/aromatic N) is 1. The molecule has 20 heavy (non-hydrogen) atoms. The summed E-state index contributed by atoms with van der Waals surface area (Å²) in [6.07, 6.45) is 0.837. The van der Waals surface area contributed by atoms with Gasteiger partial charge in [0.25, 0.3) is 10.0 Å². The minimum atomic E-state index is -4.21. The van der Waals surface area contributed by atoms with Crippen LogP contribution in [0.25, 0.3) is 0 Å². The number of sulfonamides is 1. The zero-order chi connectivity index (χ0) is 14.9. The molecule has 0 aliphatic rings. The molecule has 0 atom stereocenters. The van der Waals surface area contributed by atoms with Gasteiger partial charge in [0.05, 0.1) is 6.20 Å². The van der Waals surface area contributed by atoms with E-state index in [9.17, 15) is 17.2 Å². The van der Waals surface area contributed by atoms with Gasteiger partial charge in [0.2, 0.25) is 0 Å². The number of nitrogens with one attached hydrogen (secondary N) is 1. The van der Waals surface area contributed by atoms with Crippen molar-refractivity contribution in [2.75, 3.05) is 10.5 Å². The number of anilines is 2. The topological polar surface area (TPSA) is 85.1 Å². The average molecular weight is 364 g/mol. The Labute approximate surface area is 122 Å². The molecule has 2 rings (SSSR count). The smallest absolute Gasteiger partial charge is 0.266 e. The van der Waals surface area contributed by atoms with Gasteiger partial charge >= 0.3 is 0 Å². The maximum absolute atomic E-state index is 13.7. The molecule has 0 bridgehead atoms. The number of nitrogen functional groups attached to an aromatic ring is 1. The van der Waals surface area contributed by atoms with E-state index in [1.165, 1.54) is 0 Å². The van der Waals surface area contributed by atoms with E-state index in [0.29, 0.717) is 0 Å². The molecule has 106 valence electrons. The Morgan fingerprint density at radius 1 is 1.25 bits per heavy atom. The van der Waals surface area contributed by atoms with Crippen LogP contribution in [-0.2, 0) is 10.0 Å². The predicted octanol–water partition coefficient (Wildman–Crippen LogP) is 2.51. The molecule has 5 nitrogen and oxygen atoms in total. The van der Waals surface area contributed by atoms with Crippen LogP contribution in [0.2, 0.25) is 0 Å². The molecule has 1 aromatic heterocycles. The highest BCUT2D eigenvalue weighted by Crippen LogP contribution is 2.27. The Hall–Kier alpha value is -1.74. The fraction of sp³-hybridized carbons (Fsp3) is 0. The van der Waals surface area contributed by atoms with E-state index in [1.54, 1.807) is 0 Å². The summed E-state index contributed by atoms with van der Waals surface area (Å²) in [5.74, 6) is -1.72. The van der Waals surface area contributed by atoms with Gasteiger partial charge in [-0.3, -0.25) is 4.72 Å². The Morgan fingerprint density at radius 3 is 2.55 bits per heavy atom. The Balaban J connectivity index is 2.40. The van der Waals surface area contributed by atoms with Crippen molar-refractivity contribution < 1.29 is 17.2 Å². The molecule has 0 amide bonds. The van der Waals surface area contributed by atoms with Crippen molar-refractivity contribution in [3.05, 3.63) is 46.6 Å². The predicted molar refractivity (Wildman–Crippen MR) is 73.5 cm³/mol. The molecule has 0 fully saturated rings. The van der Waals surface area contributed by atoms with Crippen LogP contribution in [0, 0.1) is 11.6 Å². The van der Waals surface area contributed by atoms with Crippen LogP contribution in [0.1, 0.15) is 0 Å². The molecule has 0 saturated heterocycles. The summed E-state index contributed by atoms with van der Waals surface area (Å²) in [5, 5.41) is 0. The van der Waals surface area contributed by atoms with Crippen LogP contribution in [0.15, 0.2) is 39.8 Å². The van der Waals surface area contributed by atoms with Gasteiger partial charge in [-0.1, -0.05) is 0 Å². The van der Waals surface area contributed by atoms with Crippen molar-refractivity contribution in [1.29, 1.82) is 0 Å². The third-order valence-electron chi connectivity index (χ3n) is 2.31. The van der Waals surface area contributed by atoms with E-state index >= 15 is 0 Å². The first-order chi connectivity index (χ1) is 9.29. The number of halogens is 3. The Kier molecular flexibility index (Phi) is 3.91. The number of benzene rings is 1. The van der Waals surface area contributed by atoms with Gasteiger partial charge in [-0.05, 0) is 40.2 Å². The van der Waals surface area contributed by atoms with Crippen molar-refractivity contribution in [3.63, 3.8) is 0 Å². The summed E-state index contributed by atoms with van der Waals surface area (Å²) >= 11 is 2.99. The van der Waals surface area contributed by atoms with Crippen molar-refractivity contribution in [3.8, 4) is 0 Å². The van der Waals surface area contributed by atoms with Gasteiger partial charge in [-0.15, -0.1) is 0 Å². The number of nitrogens with two attached hydrogens (primary N) is 1. The molecule has 9 heteroatoms. The third-order valence-corrected chi connectivity index (χ3v) is 4.36. The van der Waals surface area contributed by atoms with Crippen molar-refractivity contribution in [1.82, 2.24) is 4.98 Å². The average Bonchev–Trinajstić information content (AvgIpc) is 2.36. The van der Waals surface area contributed by atoms with Crippen LogP contribution >= 0.6 is 15.9 Å². The molecule has 0 unspecified atom stereocenters. The maximum Gasteiger partial charge on any atom is 0.266 e.